The van der Waals surface area contributed by atoms with Crippen molar-refractivity contribution in [1.82, 2.24) is 9.47 Å². The highest BCUT2D eigenvalue weighted by Gasteiger charge is 2.23. The molecule has 1 unspecified atom stereocenters. The second-order valence-electron chi connectivity index (χ2n) is 8.83. The first kappa shape index (κ1) is 23.7. The van der Waals surface area contributed by atoms with E-state index in [0.29, 0.717) is 49.6 Å². The van der Waals surface area contributed by atoms with Gasteiger partial charge in [0, 0.05) is 37.9 Å². The number of halogens is 1. The van der Waals surface area contributed by atoms with Crippen molar-refractivity contribution in [2.75, 3.05) is 46.1 Å². The second-order valence-corrected chi connectivity index (χ2v) is 8.83. The lowest BCUT2D eigenvalue weighted by Crippen LogP contribution is -2.38. The van der Waals surface area contributed by atoms with Gasteiger partial charge in [-0.3, -0.25) is 9.69 Å². The van der Waals surface area contributed by atoms with Gasteiger partial charge in [-0.1, -0.05) is 26.0 Å². The Balaban J connectivity index is 1.83. The number of hydrogen-bond acceptors (Lipinski definition) is 5. The topological polar surface area (TPSA) is 63.9 Å². The van der Waals surface area contributed by atoms with E-state index in [4.69, 9.17) is 9.47 Å². The number of ether oxygens (including phenoxy) is 2. The third kappa shape index (κ3) is 5.05. The van der Waals surface area contributed by atoms with Crippen LogP contribution in [0.5, 0.6) is 5.75 Å². The molecule has 1 saturated heterocycles. The Morgan fingerprint density at radius 2 is 2.00 bits per heavy atom. The van der Waals surface area contributed by atoms with Gasteiger partial charge in [0.2, 0.25) is 0 Å². The number of allylic oxidation sites excluding steroid dienone is 3. The number of benzene rings is 1. The smallest absolute Gasteiger partial charge is 0.199 e. The molecule has 6 nitrogen and oxygen atoms in total. The van der Waals surface area contributed by atoms with Gasteiger partial charge in [-0.05, 0) is 42.0 Å². The van der Waals surface area contributed by atoms with Gasteiger partial charge in [0.15, 0.2) is 5.43 Å². The van der Waals surface area contributed by atoms with Crippen molar-refractivity contribution in [2.45, 2.75) is 33.2 Å². The molecule has 2 aromatic rings. The fraction of sp³-hybridized carbons (Fsp3) is 0.500. The van der Waals surface area contributed by atoms with Crippen LogP contribution in [-0.4, -0.2) is 60.6 Å². The van der Waals surface area contributed by atoms with Crippen molar-refractivity contribution in [3.05, 3.63) is 57.7 Å². The van der Waals surface area contributed by atoms with Crippen LogP contribution in [0, 0.1) is 11.7 Å². The number of fused-ring (bicyclic) bond motifs is 1. The Kier molecular flexibility index (Phi) is 7.63. The van der Waals surface area contributed by atoms with E-state index in [0.717, 1.165) is 37.2 Å². The number of morpholine rings is 1. The number of hydrogen-bond donors (Lipinski definition) is 1. The molecule has 1 N–H and O–H groups in total. The quantitative estimate of drug-likeness (QED) is 0.658. The standard InChI is InChI=1S/C26H33FN2O4/c1-3-12-33-23-7-6-22(27)24-25(23)29(9-8-28-10-13-32-14-11-28)16-21(26(24)31)19-4-5-20(17-30)18(2)15-19/h4-7,16,18,30H,3,8-15,17H2,1-2H3. The van der Waals surface area contributed by atoms with E-state index < -0.39 is 5.82 Å². The zero-order chi connectivity index (χ0) is 23.4. The maximum Gasteiger partial charge on any atom is 0.199 e. The minimum absolute atomic E-state index is 0.000790. The average molecular weight is 457 g/mol. The fourth-order valence-electron chi connectivity index (χ4n) is 4.58. The summed E-state index contributed by atoms with van der Waals surface area (Å²) in [5.41, 5.74) is 2.52. The van der Waals surface area contributed by atoms with Gasteiger partial charge in [-0.2, -0.15) is 0 Å². The maximum absolute atomic E-state index is 15.1. The van der Waals surface area contributed by atoms with Crippen molar-refractivity contribution in [3.63, 3.8) is 0 Å². The molecule has 4 rings (SSSR count). The predicted octanol–water partition coefficient (Wildman–Crippen LogP) is 3.60. The minimum Gasteiger partial charge on any atom is -0.491 e. The first-order valence-corrected chi connectivity index (χ1v) is 11.8. The van der Waals surface area contributed by atoms with E-state index in [9.17, 15) is 9.90 Å². The summed E-state index contributed by atoms with van der Waals surface area (Å²) in [5.74, 6) is 0.125. The molecule has 1 fully saturated rings. The van der Waals surface area contributed by atoms with Crippen LogP contribution in [0.2, 0.25) is 0 Å². The van der Waals surface area contributed by atoms with Crippen LogP contribution >= 0.6 is 0 Å². The third-order valence-corrected chi connectivity index (χ3v) is 6.54. The van der Waals surface area contributed by atoms with Crippen LogP contribution in [0.3, 0.4) is 0 Å². The Bertz CT molecular complexity index is 1120. The molecule has 2 heterocycles. The van der Waals surface area contributed by atoms with Crippen LogP contribution < -0.4 is 10.2 Å². The highest BCUT2D eigenvalue weighted by Crippen LogP contribution is 2.33. The van der Waals surface area contributed by atoms with E-state index in [2.05, 4.69) is 4.90 Å². The van der Waals surface area contributed by atoms with Crippen LogP contribution in [0.15, 0.2) is 40.8 Å². The summed E-state index contributed by atoms with van der Waals surface area (Å²) >= 11 is 0. The summed E-state index contributed by atoms with van der Waals surface area (Å²) in [7, 11) is 0. The molecule has 1 aromatic heterocycles. The Hall–Kier alpha value is -2.48. The fourth-order valence-corrected chi connectivity index (χ4v) is 4.58. The van der Waals surface area contributed by atoms with Gasteiger partial charge in [-0.25, -0.2) is 4.39 Å². The summed E-state index contributed by atoms with van der Waals surface area (Å²) < 4.78 is 28.5. The summed E-state index contributed by atoms with van der Waals surface area (Å²) in [6.07, 6.45) is 7.07. The molecule has 7 heteroatoms. The molecular formula is C26H33FN2O4. The van der Waals surface area contributed by atoms with E-state index >= 15 is 4.39 Å². The van der Waals surface area contributed by atoms with E-state index in [1.807, 2.05) is 36.8 Å². The van der Waals surface area contributed by atoms with Crippen molar-refractivity contribution in [3.8, 4) is 5.75 Å². The summed E-state index contributed by atoms with van der Waals surface area (Å²) in [6, 6.07) is 2.95. The molecule has 0 spiro atoms. The Labute approximate surface area is 193 Å². The largest absolute Gasteiger partial charge is 0.491 e. The van der Waals surface area contributed by atoms with Gasteiger partial charge < -0.3 is 19.1 Å². The SMILES string of the molecule is CCCOc1ccc(F)c2c(=O)c(C3=CC=C(CO)C(C)C3)cn(CCN3CCOCC3)c12. The van der Waals surface area contributed by atoms with Crippen LogP contribution in [-0.2, 0) is 11.3 Å². The predicted molar refractivity (Wildman–Crippen MR) is 128 cm³/mol. The normalized spacial score (nSPS) is 19.5. The van der Waals surface area contributed by atoms with Gasteiger partial charge in [0.25, 0.3) is 0 Å². The van der Waals surface area contributed by atoms with Gasteiger partial charge >= 0.3 is 0 Å². The van der Waals surface area contributed by atoms with Gasteiger partial charge in [0.1, 0.15) is 11.6 Å². The molecule has 0 saturated carbocycles. The lowest BCUT2D eigenvalue weighted by molar-refractivity contribution is 0.0365. The molecule has 0 bridgehead atoms. The van der Waals surface area contributed by atoms with Crippen molar-refractivity contribution in [2.24, 2.45) is 5.92 Å². The zero-order valence-corrected chi connectivity index (χ0v) is 19.5. The molecule has 0 amide bonds. The van der Waals surface area contributed by atoms with E-state index in [1.165, 1.54) is 6.07 Å². The summed E-state index contributed by atoms with van der Waals surface area (Å²) in [4.78, 5) is 15.9. The Morgan fingerprint density at radius 1 is 1.21 bits per heavy atom. The van der Waals surface area contributed by atoms with E-state index in [-0.39, 0.29) is 23.3 Å². The van der Waals surface area contributed by atoms with E-state index in [1.54, 1.807) is 6.07 Å². The van der Waals surface area contributed by atoms with Crippen LogP contribution in [0.25, 0.3) is 16.5 Å². The van der Waals surface area contributed by atoms with Gasteiger partial charge in [-0.15, -0.1) is 0 Å². The zero-order valence-electron chi connectivity index (χ0n) is 19.5. The minimum atomic E-state index is -0.531. The summed E-state index contributed by atoms with van der Waals surface area (Å²) in [6.45, 7) is 9.05. The molecule has 1 aliphatic carbocycles. The third-order valence-electron chi connectivity index (χ3n) is 6.54. The van der Waals surface area contributed by atoms with Crippen molar-refractivity contribution < 1.29 is 19.0 Å². The highest BCUT2D eigenvalue weighted by atomic mass is 19.1. The first-order valence-electron chi connectivity index (χ1n) is 11.8. The number of aliphatic hydroxyl groups is 1. The lowest BCUT2D eigenvalue weighted by Gasteiger charge is -2.28. The molecule has 2 aliphatic rings. The average Bonchev–Trinajstić information content (AvgIpc) is 2.83. The Morgan fingerprint density at radius 3 is 2.70 bits per heavy atom. The molecule has 1 aliphatic heterocycles. The molecule has 178 valence electrons. The van der Waals surface area contributed by atoms with Gasteiger partial charge in [0.05, 0.1) is 37.3 Å². The van der Waals surface area contributed by atoms with Crippen LogP contribution in [0.1, 0.15) is 32.3 Å². The molecule has 0 radical (unpaired) electrons. The highest BCUT2D eigenvalue weighted by molar-refractivity contribution is 5.88. The number of nitrogens with zero attached hydrogens (tertiary/aromatic N) is 2. The molecular weight excluding hydrogens is 423 g/mol. The van der Waals surface area contributed by atoms with Crippen molar-refractivity contribution in [1.29, 1.82) is 0 Å². The monoisotopic (exact) mass is 456 g/mol. The molecule has 1 atom stereocenters. The number of aliphatic hydroxyl groups excluding tert-OH is 1. The molecule has 33 heavy (non-hydrogen) atoms. The number of aromatic nitrogens is 1. The van der Waals surface area contributed by atoms with Crippen LogP contribution in [0.4, 0.5) is 4.39 Å². The first-order chi connectivity index (χ1) is 16.0. The molecule has 1 aromatic carbocycles. The number of pyridine rings is 1. The van der Waals surface area contributed by atoms with Crippen molar-refractivity contribution >= 4 is 16.5 Å². The lowest BCUT2D eigenvalue weighted by atomic mass is 9.86. The number of rotatable bonds is 8. The maximum atomic E-state index is 15.1. The second kappa shape index (κ2) is 10.6. The summed E-state index contributed by atoms with van der Waals surface area (Å²) in [5, 5.41) is 9.63.